The van der Waals surface area contributed by atoms with Crippen LogP contribution in [0.3, 0.4) is 0 Å². The molecule has 0 unspecified atom stereocenters. The van der Waals surface area contributed by atoms with Crippen LogP contribution in [-0.2, 0) is 14.3 Å². The van der Waals surface area contributed by atoms with Gasteiger partial charge in [-0.15, -0.1) is 0 Å². The molecule has 21 heavy (non-hydrogen) atoms. The van der Waals surface area contributed by atoms with Crippen molar-refractivity contribution in [2.24, 2.45) is 5.73 Å². The highest BCUT2D eigenvalue weighted by Crippen LogP contribution is 2.06. The first-order chi connectivity index (χ1) is 9.86. The van der Waals surface area contributed by atoms with Crippen LogP contribution in [0, 0.1) is 0 Å². The molecule has 0 aromatic carbocycles. The van der Waals surface area contributed by atoms with Crippen LogP contribution in [0.2, 0.25) is 0 Å². The third-order valence-corrected chi connectivity index (χ3v) is 2.63. The van der Waals surface area contributed by atoms with Crippen LogP contribution in [0.1, 0.15) is 0 Å². The van der Waals surface area contributed by atoms with E-state index in [1.54, 1.807) is 0 Å². The molecule has 0 aliphatic carbocycles. The zero-order valence-electron chi connectivity index (χ0n) is 11.7. The van der Waals surface area contributed by atoms with Gasteiger partial charge in [-0.2, -0.15) is 0 Å². The topological polar surface area (TPSA) is 174 Å². The van der Waals surface area contributed by atoms with Crippen LogP contribution >= 0.6 is 0 Å². The highest BCUT2D eigenvalue weighted by molar-refractivity contribution is 5.81. The summed E-state index contributed by atoms with van der Waals surface area (Å²) in [5.74, 6) is -2.15. The summed E-state index contributed by atoms with van der Waals surface area (Å²) >= 11 is 0. The summed E-state index contributed by atoms with van der Waals surface area (Å²) < 4.78 is 4.17. The fourth-order valence-corrected chi connectivity index (χ4v) is 1.39. The Morgan fingerprint density at radius 2 is 1.62 bits per heavy atom. The van der Waals surface area contributed by atoms with E-state index in [-0.39, 0.29) is 6.54 Å². The predicted octanol–water partition coefficient (Wildman–Crippen LogP) is -4.73. The normalized spacial score (nSPS) is 16.7. The molecule has 0 fully saturated rings. The fraction of sp³-hybridized carbons (Fsp3) is 0.818. The molecule has 10 heteroatoms. The van der Waals surface area contributed by atoms with Crippen LogP contribution < -0.4 is 16.4 Å². The van der Waals surface area contributed by atoms with E-state index in [1.165, 1.54) is 0 Å². The number of aliphatic hydroxyl groups is 4. The van der Waals surface area contributed by atoms with Gasteiger partial charge < -0.3 is 41.5 Å². The summed E-state index contributed by atoms with van der Waals surface area (Å²) in [6.07, 6.45) is -8.18. The minimum absolute atomic E-state index is 0.165. The van der Waals surface area contributed by atoms with Gasteiger partial charge in [-0.3, -0.25) is 4.79 Å². The Hall–Kier alpha value is -1.30. The molecule has 0 saturated carbocycles. The van der Waals surface area contributed by atoms with Gasteiger partial charge in [0.25, 0.3) is 5.91 Å². The summed E-state index contributed by atoms with van der Waals surface area (Å²) in [7, 11) is 0.974. The van der Waals surface area contributed by atoms with E-state index in [1.807, 2.05) is 0 Å². The molecule has 0 aromatic rings. The fourth-order valence-electron chi connectivity index (χ4n) is 1.39. The first-order valence-electron chi connectivity index (χ1n) is 6.35. The Morgan fingerprint density at radius 3 is 2.14 bits per heavy atom. The Bertz CT molecular complexity index is 329. The molecule has 0 aliphatic heterocycles. The second kappa shape index (κ2) is 10.4. The van der Waals surface area contributed by atoms with Gasteiger partial charge in [0.15, 0.2) is 12.2 Å². The van der Waals surface area contributed by atoms with E-state index in [0.29, 0.717) is 19.6 Å². The number of esters is 1. The second-order valence-corrected chi connectivity index (χ2v) is 4.22. The quantitative estimate of drug-likeness (QED) is 0.154. The van der Waals surface area contributed by atoms with Crippen LogP contribution in [0.15, 0.2) is 0 Å². The zero-order chi connectivity index (χ0) is 16.4. The number of carbonyl (C=O) groups excluding carboxylic acids is 2. The van der Waals surface area contributed by atoms with Crippen molar-refractivity contribution in [3.05, 3.63) is 0 Å². The summed E-state index contributed by atoms with van der Waals surface area (Å²) in [4.78, 5) is 22.5. The van der Waals surface area contributed by atoms with Crippen molar-refractivity contribution in [1.29, 1.82) is 0 Å². The van der Waals surface area contributed by atoms with Crippen molar-refractivity contribution in [1.82, 2.24) is 10.6 Å². The lowest BCUT2D eigenvalue weighted by molar-refractivity contribution is -0.169. The molecule has 0 spiro atoms. The number of rotatable bonds is 10. The van der Waals surface area contributed by atoms with Gasteiger partial charge in [-0.1, -0.05) is 0 Å². The van der Waals surface area contributed by atoms with Crippen LogP contribution in [0.4, 0.5) is 0 Å². The molecule has 124 valence electrons. The number of methoxy groups -OCH3 is 1. The standard InChI is InChI=1S/C11H23N3O7/c1-21-11(20)9(18)7(16)6(15)8(17)10(19)14-5-4-13-3-2-12/h6-9,13,15-18H,2-5,12H2,1H3,(H,14,19)/t6-,7-,8+,9-/m0/s1. The third kappa shape index (κ3) is 6.80. The predicted molar refractivity (Wildman–Crippen MR) is 71.0 cm³/mol. The number of nitrogens with two attached hydrogens (primary N) is 1. The zero-order valence-corrected chi connectivity index (χ0v) is 11.7. The molecule has 1 amide bonds. The smallest absolute Gasteiger partial charge is 0.337 e. The average Bonchev–Trinajstić information content (AvgIpc) is 2.50. The maximum absolute atomic E-state index is 11.5. The molecule has 4 atom stereocenters. The maximum atomic E-state index is 11.5. The van der Waals surface area contributed by atoms with Crippen molar-refractivity contribution in [2.45, 2.75) is 24.4 Å². The Labute approximate surface area is 121 Å². The van der Waals surface area contributed by atoms with Crippen molar-refractivity contribution in [2.75, 3.05) is 33.3 Å². The van der Waals surface area contributed by atoms with E-state index >= 15 is 0 Å². The van der Waals surface area contributed by atoms with E-state index in [4.69, 9.17) is 5.73 Å². The van der Waals surface area contributed by atoms with Gasteiger partial charge in [-0.05, 0) is 0 Å². The second-order valence-electron chi connectivity index (χ2n) is 4.22. The SMILES string of the molecule is COC(=O)[C@@H](O)[C@@H](O)[C@H](O)[C@@H](O)C(=O)NCCNCCN. The Kier molecular flexibility index (Phi) is 9.78. The van der Waals surface area contributed by atoms with Crippen LogP contribution in [-0.4, -0.2) is 90.0 Å². The van der Waals surface area contributed by atoms with Gasteiger partial charge in [0.1, 0.15) is 12.2 Å². The van der Waals surface area contributed by atoms with Crippen molar-refractivity contribution < 1.29 is 34.8 Å². The molecule has 8 N–H and O–H groups in total. The number of ether oxygens (including phenoxy) is 1. The molecular weight excluding hydrogens is 286 g/mol. The van der Waals surface area contributed by atoms with Crippen molar-refractivity contribution in [3.63, 3.8) is 0 Å². The monoisotopic (exact) mass is 309 g/mol. The number of carbonyl (C=O) groups is 2. The Balaban J connectivity index is 4.25. The summed E-state index contributed by atoms with van der Waals surface area (Å²) in [5, 5.41) is 43.1. The highest BCUT2D eigenvalue weighted by atomic mass is 16.5. The number of aliphatic hydroxyl groups excluding tert-OH is 4. The van der Waals surface area contributed by atoms with Gasteiger partial charge in [0.2, 0.25) is 0 Å². The van der Waals surface area contributed by atoms with Crippen LogP contribution in [0.25, 0.3) is 0 Å². The van der Waals surface area contributed by atoms with Gasteiger partial charge in [-0.25, -0.2) is 4.79 Å². The van der Waals surface area contributed by atoms with Gasteiger partial charge >= 0.3 is 5.97 Å². The number of nitrogens with one attached hydrogen (secondary N) is 2. The lowest BCUT2D eigenvalue weighted by Gasteiger charge is -2.24. The van der Waals surface area contributed by atoms with E-state index in [2.05, 4.69) is 15.4 Å². The van der Waals surface area contributed by atoms with Crippen molar-refractivity contribution >= 4 is 11.9 Å². The molecule has 0 saturated heterocycles. The van der Waals surface area contributed by atoms with E-state index in [0.717, 1.165) is 7.11 Å². The molecule has 0 bridgehead atoms. The molecular formula is C11H23N3O7. The van der Waals surface area contributed by atoms with Gasteiger partial charge in [0.05, 0.1) is 7.11 Å². The van der Waals surface area contributed by atoms with Crippen LogP contribution in [0.5, 0.6) is 0 Å². The molecule has 0 rings (SSSR count). The number of hydrogen-bond acceptors (Lipinski definition) is 9. The summed E-state index contributed by atoms with van der Waals surface area (Å²) in [6.45, 7) is 1.56. The maximum Gasteiger partial charge on any atom is 0.337 e. The first kappa shape index (κ1) is 19.7. The lowest BCUT2D eigenvalue weighted by atomic mass is 10.0. The summed E-state index contributed by atoms with van der Waals surface area (Å²) in [6, 6.07) is 0. The summed E-state index contributed by atoms with van der Waals surface area (Å²) in [5.41, 5.74) is 5.24. The Morgan fingerprint density at radius 1 is 1.05 bits per heavy atom. The molecule has 0 aromatic heterocycles. The first-order valence-corrected chi connectivity index (χ1v) is 6.35. The largest absolute Gasteiger partial charge is 0.467 e. The number of hydrogen-bond donors (Lipinski definition) is 7. The van der Waals surface area contributed by atoms with E-state index < -0.39 is 36.3 Å². The molecule has 0 aliphatic rings. The average molecular weight is 309 g/mol. The molecule has 0 heterocycles. The third-order valence-electron chi connectivity index (χ3n) is 2.63. The minimum Gasteiger partial charge on any atom is -0.467 e. The minimum atomic E-state index is -2.07. The molecule has 0 radical (unpaired) electrons. The van der Waals surface area contributed by atoms with Crippen molar-refractivity contribution in [3.8, 4) is 0 Å². The molecule has 10 nitrogen and oxygen atoms in total. The van der Waals surface area contributed by atoms with E-state index in [9.17, 15) is 30.0 Å². The number of amides is 1. The highest BCUT2D eigenvalue weighted by Gasteiger charge is 2.37. The lowest BCUT2D eigenvalue weighted by Crippen LogP contribution is -2.53. The van der Waals surface area contributed by atoms with Gasteiger partial charge in [0, 0.05) is 26.2 Å².